The second kappa shape index (κ2) is 10.6. The molecule has 8 nitrogen and oxygen atoms in total. The molecule has 1 aliphatic carbocycles. The zero-order chi connectivity index (χ0) is 23.9. The zero-order valence-electron chi connectivity index (χ0n) is 21.1. The SMILES string of the molecule is COc1cc(-c2ccc3c(c2NC(=O)NS(=O)(=O)c2cc4c(s2)CN(C)CC4)CCC3)ccn1.[H-].[Na+]. The number of nitrogens with one attached hydrogen (secondary N) is 2. The number of benzene rings is 1. The number of rotatable bonds is 5. The number of nitrogens with zero attached hydrogens (tertiary/aromatic N) is 2. The molecule has 35 heavy (non-hydrogen) atoms. The predicted octanol–water partition coefficient (Wildman–Crippen LogP) is 0.922. The number of methoxy groups -OCH3 is 1. The summed E-state index contributed by atoms with van der Waals surface area (Å²) in [5.74, 6) is 0.461. The van der Waals surface area contributed by atoms with Gasteiger partial charge in [0.15, 0.2) is 0 Å². The standard InChI is InChI=1S/C24H26N4O4S2.Na.H/c1-28-11-9-17-13-22(33-20(17)14-28)34(30,31)27-24(29)26-23-18-5-3-4-15(18)6-7-19(23)16-8-10-25-21(12-16)32-2;;/h6-8,10,12-13H,3-5,9,11,14H2,1-2H3,(H2,26,27,29);;/q;+1;-1. The molecule has 3 aromatic rings. The van der Waals surface area contributed by atoms with Crippen molar-refractivity contribution < 1.29 is 48.9 Å². The average Bonchev–Trinajstić information content (AvgIpc) is 3.46. The van der Waals surface area contributed by atoms with Gasteiger partial charge in [-0.3, -0.25) is 0 Å². The van der Waals surface area contributed by atoms with Crippen molar-refractivity contribution in [3.05, 3.63) is 58.1 Å². The second-order valence-corrected chi connectivity index (χ2v) is 11.7. The first-order valence-electron chi connectivity index (χ1n) is 11.1. The number of sulfonamides is 1. The van der Waals surface area contributed by atoms with Crippen molar-refractivity contribution in [2.24, 2.45) is 0 Å². The fourth-order valence-electron chi connectivity index (χ4n) is 4.60. The van der Waals surface area contributed by atoms with Gasteiger partial charge in [-0.1, -0.05) is 12.1 Å². The molecule has 0 unspecified atom stereocenters. The molecule has 2 N–H and O–H groups in total. The molecule has 180 valence electrons. The molecule has 0 radical (unpaired) electrons. The molecule has 11 heteroatoms. The molecule has 5 rings (SSSR count). The van der Waals surface area contributed by atoms with Crippen LogP contribution in [0.2, 0.25) is 0 Å². The van der Waals surface area contributed by atoms with E-state index in [-0.39, 0.29) is 35.2 Å². The van der Waals surface area contributed by atoms with E-state index in [1.165, 1.54) is 11.3 Å². The molecule has 0 atom stereocenters. The van der Waals surface area contributed by atoms with Crippen molar-refractivity contribution in [2.45, 2.75) is 36.4 Å². The van der Waals surface area contributed by atoms with Gasteiger partial charge in [-0.25, -0.2) is 22.9 Å². The van der Waals surface area contributed by atoms with Crippen LogP contribution < -0.4 is 44.3 Å². The van der Waals surface area contributed by atoms with Gasteiger partial charge in [0.05, 0.1) is 12.8 Å². The Balaban J connectivity index is 0.00000180. The zero-order valence-corrected chi connectivity index (χ0v) is 23.7. The molecule has 0 saturated carbocycles. The van der Waals surface area contributed by atoms with Crippen molar-refractivity contribution in [3.63, 3.8) is 0 Å². The van der Waals surface area contributed by atoms with Crippen LogP contribution in [0.15, 0.2) is 40.7 Å². The van der Waals surface area contributed by atoms with Crippen LogP contribution in [0.25, 0.3) is 11.1 Å². The normalized spacial score (nSPS) is 15.0. The van der Waals surface area contributed by atoms with Gasteiger partial charge in [0.2, 0.25) is 5.88 Å². The number of aromatic nitrogens is 1. The summed E-state index contributed by atoms with van der Waals surface area (Å²) in [7, 11) is -0.426. The minimum absolute atomic E-state index is 0. The Morgan fingerprint density at radius 3 is 2.80 bits per heavy atom. The number of pyridine rings is 1. The van der Waals surface area contributed by atoms with E-state index < -0.39 is 16.1 Å². The number of thiophene rings is 1. The van der Waals surface area contributed by atoms with E-state index in [4.69, 9.17) is 4.74 Å². The van der Waals surface area contributed by atoms with E-state index in [1.54, 1.807) is 25.4 Å². The summed E-state index contributed by atoms with van der Waals surface area (Å²) in [4.78, 5) is 20.3. The maximum absolute atomic E-state index is 13.0. The molecule has 3 heterocycles. The number of amides is 2. The first-order valence-corrected chi connectivity index (χ1v) is 13.4. The van der Waals surface area contributed by atoms with Gasteiger partial charge in [0, 0.05) is 35.8 Å². The largest absolute Gasteiger partial charge is 1.00 e. The molecule has 1 aromatic carbocycles. The topological polar surface area (TPSA) is 101 Å². The number of carbonyl (C=O) groups excluding carboxylic acids is 1. The van der Waals surface area contributed by atoms with Gasteiger partial charge in [-0.05, 0) is 67.1 Å². The van der Waals surface area contributed by atoms with E-state index in [2.05, 4.69) is 26.0 Å². The Hall–Kier alpha value is -1.95. The Morgan fingerprint density at radius 1 is 1.17 bits per heavy atom. The molecular weight excluding hydrogens is 495 g/mol. The third-order valence-electron chi connectivity index (χ3n) is 6.32. The van der Waals surface area contributed by atoms with E-state index in [9.17, 15) is 13.2 Å². The van der Waals surface area contributed by atoms with Gasteiger partial charge < -0.3 is 16.4 Å². The first kappa shape index (κ1) is 26.1. The van der Waals surface area contributed by atoms with Crippen LogP contribution >= 0.6 is 11.3 Å². The molecule has 0 saturated heterocycles. The number of fused-ring (bicyclic) bond motifs is 2. The number of hydrogen-bond donors (Lipinski definition) is 2. The summed E-state index contributed by atoms with van der Waals surface area (Å²) < 4.78 is 33.6. The van der Waals surface area contributed by atoms with Crippen LogP contribution in [0.4, 0.5) is 10.5 Å². The summed E-state index contributed by atoms with van der Waals surface area (Å²) in [5, 5.41) is 2.85. The molecule has 2 aliphatic rings. The Kier molecular flexibility index (Phi) is 7.89. The van der Waals surface area contributed by atoms with Crippen LogP contribution in [-0.2, 0) is 35.8 Å². The summed E-state index contributed by atoms with van der Waals surface area (Å²) in [5.41, 5.74) is 5.49. The minimum atomic E-state index is -3.99. The van der Waals surface area contributed by atoms with Crippen molar-refractivity contribution in [1.82, 2.24) is 14.6 Å². The van der Waals surface area contributed by atoms with Gasteiger partial charge in [-0.2, -0.15) is 0 Å². The van der Waals surface area contributed by atoms with Crippen molar-refractivity contribution in [2.75, 3.05) is 26.0 Å². The summed E-state index contributed by atoms with van der Waals surface area (Å²) >= 11 is 1.23. The maximum atomic E-state index is 13.0. The van der Waals surface area contributed by atoms with Crippen LogP contribution in [0, 0.1) is 0 Å². The van der Waals surface area contributed by atoms with E-state index in [1.807, 2.05) is 19.2 Å². The number of urea groups is 1. The summed E-state index contributed by atoms with van der Waals surface area (Å²) in [6, 6.07) is 8.57. The summed E-state index contributed by atoms with van der Waals surface area (Å²) in [6.45, 7) is 1.61. The van der Waals surface area contributed by atoms with E-state index in [0.717, 1.165) is 71.5 Å². The Bertz CT molecular complexity index is 1380. The minimum Gasteiger partial charge on any atom is -1.00 e. The van der Waals surface area contributed by atoms with Gasteiger partial charge in [0.1, 0.15) is 4.21 Å². The number of hydrogen-bond acceptors (Lipinski definition) is 7. The van der Waals surface area contributed by atoms with Crippen molar-refractivity contribution in [3.8, 4) is 17.0 Å². The van der Waals surface area contributed by atoms with E-state index >= 15 is 0 Å². The Morgan fingerprint density at radius 2 is 2.00 bits per heavy atom. The monoisotopic (exact) mass is 522 g/mol. The number of anilines is 1. The third kappa shape index (κ3) is 5.42. The second-order valence-electron chi connectivity index (χ2n) is 8.63. The molecule has 0 spiro atoms. The number of likely N-dealkylation sites (N-methyl/N-ethyl adjacent to an activating group) is 1. The van der Waals surface area contributed by atoms with Crippen LogP contribution in [0.5, 0.6) is 5.88 Å². The van der Waals surface area contributed by atoms with E-state index in [0.29, 0.717) is 11.6 Å². The number of carbonyl (C=O) groups is 1. The fraction of sp³-hybridized carbons (Fsp3) is 0.333. The Labute approximate surface area is 232 Å². The molecule has 2 aromatic heterocycles. The quantitative estimate of drug-likeness (QED) is 0.484. The van der Waals surface area contributed by atoms with Crippen LogP contribution in [0.1, 0.15) is 29.4 Å². The maximum Gasteiger partial charge on any atom is 1.00 e. The van der Waals surface area contributed by atoms with Crippen molar-refractivity contribution in [1.29, 1.82) is 0 Å². The summed E-state index contributed by atoms with van der Waals surface area (Å²) in [6.07, 6.45) is 5.19. The molecular formula is C24H27N4NaO4S2. The smallest absolute Gasteiger partial charge is 1.00 e. The molecule has 1 aliphatic heterocycles. The van der Waals surface area contributed by atoms with Crippen molar-refractivity contribution >= 4 is 33.1 Å². The van der Waals surface area contributed by atoms with Gasteiger partial charge >= 0.3 is 35.6 Å². The number of ether oxygens (including phenoxy) is 1. The first-order chi connectivity index (χ1) is 16.3. The fourth-order valence-corrected chi connectivity index (χ4v) is 7.18. The molecule has 0 fully saturated rings. The van der Waals surface area contributed by atoms with Crippen LogP contribution in [0.3, 0.4) is 0 Å². The van der Waals surface area contributed by atoms with Gasteiger partial charge in [-0.15, -0.1) is 11.3 Å². The van der Waals surface area contributed by atoms with Gasteiger partial charge in [0.25, 0.3) is 10.0 Å². The third-order valence-corrected chi connectivity index (χ3v) is 9.29. The van der Waals surface area contributed by atoms with Crippen LogP contribution in [-0.4, -0.2) is 45.0 Å². The number of aryl methyl sites for hydroxylation is 1. The molecule has 0 bridgehead atoms. The molecule has 2 amide bonds. The predicted molar refractivity (Wildman–Crippen MR) is 133 cm³/mol. The average molecular weight is 523 g/mol.